The van der Waals surface area contributed by atoms with Crippen LogP contribution in [0.15, 0.2) is 78.4 Å². The van der Waals surface area contributed by atoms with Gasteiger partial charge in [-0.3, -0.25) is 0 Å². The van der Waals surface area contributed by atoms with Gasteiger partial charge in [0, 0.05) is 0 Å². The molecule has 3 aromatic rings. The minimum atomic E-state index is -0.495. The predicted octanol–water partition coefficient (Wildman–Crippen LogP) is 6.69. The first-order valence-corrected chi connectivity index (χ1v) is 15.7. The van der Waals surface area contributed by atoms with E-state index in [1.165, 1.54) is 46.2 Å². The molecule has 2 aliphatic rings. The van der Waals surface area contributed by atoms with E-state index in [4.69, 9.17) is 18.9 Å². The fourth-order valence-corrected chi connectivity index (χ4v) is 6.41. The van der Waals surface area contributed by atoms with Crippen molar-refractivity contribution in [3.63, 3.8) is 0 Å². The summed E-state index contributed by atoms with van der Waals surface area (Å²) in [5, 5.41) is 19.0. The molecule has 0 saturated heterocycles. The molecule has 43 heavy (non-hydrogen) atoms. The van der Waals surface area contributed by atoms with Gasteiger partial charge in [-0.05, 0) is 111 Å². The van der Waals surface area contributed by atoms with Crippen LogP contribution < -0.4 is 9.47 Å². The summed E-state index contributed by atoms with van der Waals surface area (Å²) in [4.78, 5) is 0. The Morgan fingerprint density at radius 3 is 1.63 bits per heavy atom. The standard InChI is InChI=1S/C37H46O6/c1-25(38)21-40-27(3)23-42-31-17-13-29(14-18-31)37(35-11-7-5-9-33(35)34-10-6-8-12-36(34)37)30-15-19-32(20-16-30)43-24-28(4)41-22-26(2)39/h5,7,9,11,13-20,25-28,38-39H,6,8,10,12,21-24H2,1-4H3. The summed E-state index contributed by atoms with van der Waals surface area (Å²) in [6.07, 6.45) is 3.34. The highest BCUT2D eigenvalue weighted by atomic mass is 16.5. The van der Waals surface area contributed by atoms with Gasteiger partial charge in [0.2, 0.25) is 0 Å². The smallest absolute Gasteiger partial charge is 0.119 e. The molecule has 4 atom stereocenters. The molecule has 5 rings (SSSR count). The summed E-state index contributed by atoms with van der Waals surface area (Å²) < 4.78 is 23.4. The van der Waals surface area contributed by atoms with Gasteiger partial charge >= 0.3 is 0 Å². The number of hydrogen-bond donors (Lipinski definition) is 2. The molecular weight excluding hydrogens is 540 g/mol. The molecule has 0 amide bonds. The first-order chi connectivity index (χ1) is 20.8. The maximum Gasteiger partial charge on any atom is 0.119 e. The molecule has 6 nitrogen and oxygen atoms in total. The number of allylic oxidation sites excluding steroid dienone is 2. The van der Waals surface area contributed by atoms with E-state index in [2.05, 4.69) is 72.8 Å². The highest BCUT2D eigenvalue weighted by Gasteiger charge is 2.47. The average molecular weight is 587 g/mol. The fourth-order valence-electron chi connectivity index (χ4n) is 6.41. The summed E-state index contributed by atoms with van der Waals surface area (Å²) in [5.41, 5.74) is 7.77. The van der Waals surface area contributed by atoms with E-state index in [0.717, 1.165) is 24.3 Å². The molecule has 0 aliphatic heterocycles. The van der Waals surface area contributed by atoms with Crippen molar-refractivity contribution in [1.29, 1.82) is 0 Å². The van der Waals surface area contributed by atoms with E-state index in [9.17, 15) is 10.2 Å². The maximum atomic E-state index is 9.50. The minimum absolute atomic E-state index is 0.120. The van der Waals surface area contributed by atoms with Crippen LogP contribution in [0.2, 0.25) is 0 Å². The zero-order chi connectivity index (χ0) is 30.4. The third-order valence-electron chi connectivity index (χ3n) is 8.36. The molecule has 0 heterocycles. The van der Waals surface area contributed by atoms with E-state index in [1.54, 1.807) is 13.8 Å². The molecule has 0 saturated carbocycles. The molecular formula is C37H46O6. The molecule has 6 heteroatoms. The molecule has 0 aromatic heterocycles. The normalized spacial score (nSPS) is 20.6. The monoisotopic (exact) mass is 586 g/mol. The highest BCUT2D eigenvalue weighted by Crippen LogP contribution is 2.58. The Kier molecular flexibility index (Phi) is 10.2. The van der Waals surface area contributed by atoms with Crippen LogP contribution in [0.5, 0.6) is 11.5 Å². The highest BCUT2D eigenvalue weighted by molar-refractivity contribution is 5.86. The molecule has 4 unspecified atom stereocenters. The van der Waals surface area contributed by atoms with Crippen molar-refractivity contribution < 1.29 is 29.2 Å². The first-order valence-electron chi connectivity index (χ1n) is 15.7. The van der Waals surface area contributed by atoms with Crippen LogP contribution in [0.3, 0.4) is 0 Å². The van der Waals surface area contributed by atoms with Crippen molar-refractivity contribution in [3.05, 3.63) is 101 Å². The number of rotatable bonds is 14. The van der Waals surface area contributed by atoms with E-state index >= 15 is 0 Å². The van der Waals surface area contributed by atoms with E-state index in [1.807, 2.05) is 13.8 Å². The molecule has 0 spiro atoms. The minimum Gasteiger partial charge on any atom is -0.491 e. The SMILES string of the molecule is CC(O)COC(C)COc1ccc(C2(c3ccc(OCC(C)OCC(C)O)cc3)C3=C(CCCC3)c3ccccc32)cc1. The Bertz CT molecular complexity index is 1290. The summed E-state index contributed by atoms with van der Waals surface area (Å²) in [7, 11) is 0. The van der Waals surface area contributed by atoms with Gasteiger partial charge in [-0.2, -0.15) is 0 Å². The van der Waals surface area contributed by atoms with Crippen molar-refractivity contribution in [2.75, 3.05) is 26.4 Å². The van der Waals surface area contributed by atoms with E-state index in [0.29, 0.717) is 26.4 Å². The molecule has 0 fully saturated rings. The number of benzene rings is 3. The Hall–Kier alpha value is -3.16. The first kappa shape index (κ1) is 31.3. The summed E-state index contributed by atoms with van der Waals surface area (Å²) in [5.74, 6) is 1.59. The zero-order valence-corrected chi connectivity index (χ0v) is 25.9. The summed E-state index contributed by atoms with van der Waals surface area (Å²) >= 11 is 0. The molecule has 2 N–H and O–H groups in total. The molecule has 3 aromatic carbocycles. The van der Waals surface area contributed by atoms with E-state index < -0.39 is 12.2 Å². The van der Waals surface area contributed by atoms with Crippen LogP contribution in [-0.4, -0.2) is 61.1 Å². The van der Waals surface area contributed by atoms with Crippen LogP contribution in [-0.2, 0) is 14.9 Å². The molecule has 2 aliphatic carbocycles. The summed E-state index contributed by atoms with van der Waals surface area (Å²) in [6, 6.07) is 26.0. The Morgan fingerprint density at radius 1 is 0.628 bits per heavy atom. The zero-order valence-electron chi connectivity index (χ0n) is 25.9. The van der Waals surface area contributed by atoms with Crippen LogP contribution in [0.4, 0.5) is 0 Å². The fraction of sp³-hybridized carbons (Fsp3) is 0.459. The quantitative estimate of drug-likeness (QED) is 0.219. The predicted molar refractivity (Wildman–Crippen MR) is 170 cm³/mol. The van der Waals surface area contributed by atoms with Crippen molar-refractivity contribution in [3.8, 4) is 11.5 Å². The third kappa shape index (κ3) is 6.99. The van der Waals surface area contributed by atoms with Gasteiger partial charge in [0.15, 0.2) is 0 Å². The van der Waals surface area contributed by atoms with Crippen molar-refractivity contribution in [2.24, 2.45) is 0 Å². The maximum absolute atomic E-state index is 9.50. The molecule has 230 valence electrons. The Morgan fingerprint density at radius 2 is 1.12 bits per heavy atom. The van der Waals surface area contributed by atoms with Crippen LogP contribution in [0.25, 0.3) is 5.57 Å². The summed E-state index contributed by atoms with van der Waals surface area (Å²) in [6.45, 7) is 8.76. The van der Waals surface area contributed by atoms with Crippen LogP contribution in [0, 0.1) is 0 Å². The van der Waals surface area contributed by atoms with Crippen molar-refractivity contribution in [2.45, 2.75) is 83.2 Å². The molecule has 0 bridgehead atoms. The number of aliphatic hydroxyl groups is 2. The van der Waals surface area contributed by atoms with Gasteiger partial charge in [-0.15, -0.1) is 0 Å². The third-order valence-corrected chi connectivity index (χ3v) is 8.36. The second kappa shape index (κ2) is 14.1. The number of hydrogen-bond acceptors (Lipinski definition) is 6. The lowest BCUT2D eigenvalue weighted by atomic mass is 9.65. The second-order valence-corrected chi connectivity index (χ2v) is 12.1. The second-order valence-electron chi connectivity index (χ2n) is 12.1. The van der Waals surface area contributed by atoms with E-state index in [-0.39, 0.29) is 17.6 Å². The lowest BCUT2D eigenvalue weighted by Gasteiger charge is -2.37. The van der Waals surface area contributed by atoms with Gasteiger partial charge < -0.3 is 29.2 Å². The van der Waals surface area contributed by atoms with Gasteiger partial charge in [0.1, 0.15) is 24.7 Å². The Labute approximate surface area is 256 Å². The van der Waals surface area contributed by atoms with Crippen molar-refractivity contribution >= 4 is 5.57 Å². The lowest BCUT2D eigenvalue weighted by molar-refractivity contribution is -0.0132. The Balaban J connectivity index is 1.45. The topological polar surface area (TPSA) is 77.4 Å². The largest absolute Gasteiger partial charge is 0.491 e. The molecule has 0 radical (unpaired) electrons. The van der Waals surface area contributed by atoms with Gasteiger partial charge in [-0.25, -0.2) is 0 Å². The van der Waals surface area contributed by atoms with Gasteiger partial charge in [0.05, 0.1) is 43.0 Å². The number of fused-ring (bicyclic) bond motifs is 2. The van der Waals surface area contributed by atoms with Gasteiger partial charge in [0.25, 0.3) is 0 Å². The van der Waals surface area contributed by atoms with Crippen LogP contribution in [0.1, 0.15) is 75.6 Å². The lowest BCUT2D eigenvalue weighted by Crippen LogP contribution is -2.30. The van der Waals surface area contributed by atoms with Crippen molar-refractivity contribution in [1.82, 2.24) is 0 Å². The number of aliphatic hydroxyl groups excluding tert-OH is 2. The van der Waals surface area contributed by atoms with Crippen LogP contribution >= 0.6 is 0 Å². The van der Waals surface area contributed by atoms with Gasteiger partial charge in [-0.1, -0.05) is 48.5 Å². The average Bonchev–Trinajstić information content (AvgIpc) is 3.32. The number of ether oxygens (including phenoxy) is 4.